The average Bonchev–Trinajstić information content (AvgIpc) is 2.19. The number of carbonyl (C=O) groups is 2. The molecule has 0 aliphatic carbocycles. The summed E-state index contributed by atoms with van der Waals surface area (Å²) >= 11 is 1.60. The Morgan fingerprint density at radius 1 is 1.41 bits per heavy atom. The van der Waals surface area contributed by atoms with Gasteiger partial charge in [-0.05, 0) is 23.8 Å². The Hall–Kier alpha value is -0.750. The van der Waals surface area contributed by atoms with Crippen LogP contribution in [0.2, 0.25) is 0 Å². The van der Waals surface area contributed by atoms with Crippen LogP contribution >= 0.6 is 11.8 Å². The van der Waals surface area contributed by atoms with Gasteiger partial charge in [0.2, 0.25) is 5.91 Å². The molecule has 0 radical (unpaired) electrons. The first-order valence-electron chi connectivity index (χ1n) is 5.48. The van der Waals surface area contributed by atoms with Gasteiger partial charge in [-0.15, -0.1) is 0 Å². The van der Waals surface area contributed by atoms with Gasteiger partial charge < -0.3 is 16.2 Å². The summed E-state index contributed by atoms with van der Waals surface area (Å²) in [5.41, 5.74) is 5.14. The number of aliphatic carboxylic acids is 1. The van der Waals surface area contributed by atoms with Crippen LogP contribution in [0.4, 0.5) is 0 Å². The van der Waals surface area contributed by atoms with Gasteiger partial charge in [-0.1, -0.05) is 20.8 Å². The summed E-state index contributed by atoms with van der Waals surface area (Å²) in [5, 5.41) is 11.5. The van der Waals surface area contributed by atoms with Crippen molar-refractivity contribution in [2.45, 2.75) is 39.3 Å². The number of nitrogens with two attached hydrogens (primary N) is 1. The van der Waals surface area contributed by atoms with Crippen molar-refractivity contribution in [2.24, 2.45) is 11.1 Å². The molecule has 0 aromatic rings. The Bertz CT molecular complexity index is 276. The van der Waals surface area contributed by atoms with E-state index < -0.39 is 29.4 Å². The van der Waals surface area contributed by atoms with E-state index in [4.69, 9.17) is 10.8 Å². The van der Waals surface area contributed by atoms with Crippen molar-refractivity contribution in [1.82, 2.24) is 5.32 Å². The lowest BCUT2D eigenvalue weighted by atomic mass is 9.86. The molecule has 5 nitrogen and oxygen atoms in total. The van der Waals surface area contributed by atoms with Crippen LogP contribution in [-0.4, -0.2) is 41.1 Å². The van der Waals surface area contributed by atoms with E-state index in [0.29, 0.717) is 6.42 Å². The smallest absolute Gasteiger partial charge is 0.326 e. The van der Waals surface area contributed by atoms with Gasteiger partial charge in [0, 0.05) is 0 Å². The standard InChI is InChI=1S/C11H22N2O3S/c1-11(2,3)8(10(15)16)13-9(14)7(12)5-6-17-4/h7-8H,5-6,12H2,1-4H3,(H,13,14)(H,15,16)/t7-,8-/m1/s1. The number of rotatable bonds is 6. The zero-order chi connectivity index (χ0) is 13.6. The zero-order valence-corrected chi connectivity index (χ0v) is 11.6. The molecule has 0 bridgehead atoms. The molecule has 0 spiro atoms. The van der Waals surface area contributed by atoms with Crippen molar-refractivity contribution in [3.63, 3.8) is 0 Å². The maximum Gasteiger partial charge on any atom is 0.326 e. The summed E-state index contributed by atoms with van der Waals surface area (Å²) in [6.07, 6.45) is 2.48. The number of thioether (sulfide) groups is 1. The van der Waals surface area contributed by atoms with Gasteiger partial charge in [-0.3, -0.25) is 4.79 Å². The number of carboxylic acids is 1. The molecular formula is C11H22N2O3S. The summed E-state index contributed by atoms with van der Waals surface area (Å²) in [7, 11) is 0. The van der Waals surface area contributed by atoms with Crippen molar-refractivity contribution in [2.75, 3.05) is 12.0 Å². The van der Waals surface area contributed by atoms with E-state index in [9.17, 15) is 9.59 Å². The van der Waals surface area contributed by atoms with Gasteiger partial charge in [0.05, 0.1) is 6.04 Å². The Morgan fingerprint density at radius 3 is 2.29 bits per heavy atom. The molecule has 6 heteroatoms. The maximum absolute atomic E-state index is 11.7. The quantitative estimate of drug-likeness (QED) is 0.654. The van der Waals surface area contributed by atoms with Gasteiger partial charge in [0.25, 0.3) is 0 Å². The number of amides is 1. The molecule has 0 aliphatic heterocycles. The summed E-state index contributed by atoms with van der Waals surface area (Å²) in [6.45, 7) is 5.29. The SMILES string of the molecule is CSCC[C@@H](N)C(=O)N[C@H](C(=O)O)C(C)(C)C. The maximum atomic E-state index is 11.7. The molecule has 0 aromatic heterocycles. The average molecular weight is 262 g/mol. The lowest BCUT2D eigenvalue weighted by Crippen LogP contribution is -2.53. The third kappa shape index (κ3) is 5.93. The molecule has 1 amide bonds. The second-order valence-corrected chi connectivity index (χ2v) is 6.02. The second-order valence-electron chi connectivity index (χ2n) is 5.03. The van der Waals surface area contributed by atoms with Crippen LogP contribution in [0.25, 0.3) is 0 Å². The number of carboxylic acid groups (broad SMARTS) is 1. The minimum absolute atomic E-state index is 0.402. The summed E-state index contributed by atoms with van der Waals surface area (Å²) < 4.78 is 0. The zero-order valence-electron chi connectivity index (χ0n) is 10.8. The summed E-state index contributed by atoms with van der Waals surface area (Å²) in [6, 6.07) is -1.57. The molecule has 100 valence electrons. The Kier molecular flexibility index (Phi) is 6.56. The van der Waals surface area contributed by atoms with E-state index in [2.05, 4.69) is 5.32 Å². The topological polar surface area (TPSA) is 92.4 Å². The normalized spacial score (nSPS) is 15.1. The van der Waals surface area contributed by atoms with E-state index in [0.717, 1.165) is 5.75 Å². The number of hydrogen-bond donors (Lipinski definition) is 3. The Balaban J connectivity index is 4.47. The first-order valence-corrected chi connectivity index (χ1v) is 6.87. The summed E-state index contributed by atoms with van der Waals surface area (Å²) in [4.78, 5) is 22.8. The van der Waals surface area contributed by atoms with Gasteiger partial charge in [-0.2, -0.15) is 11.8 Å². The molecule has 17 heavy (non-hydrogen) atoms. The minimum atomic E-state index is -1.04. The second kappa shape index (κ2) is 6.86. The van der Waals surface area contributed by atoms with Gasteiger partial charge >= 0.3 is 5.97 Å². The van der Waals surface area contributed by atoms with Gasteiger partial charge in [0.1, 0.15) is 6.04 Å². The molecule has 0 aliphatic rings. The van der Waals surface area contributed by atoms with Gasteiger partial charge in [0.15, 0.2) is 0 Å². The van der Waals surface area contributed by atoms with E-state index in [1.807, 2.05) is 6.26 Å². The first kappa shape index (κ1) is 16.2. The Morgan fingerprint density at radius 2 is 1.94 bits per heavy atom. The van der Waals surface area contributed by atoms with E-state index in [1.54, 1.807) is 32.5 Å². The van der Waals surface area contributed by atoms with Crippen LogP contribution in [0.1, 0.15) is 27.2 Å². The fourth-order valence-electron chi connectivity index (χ4n) is 1.27. The van der Waals surface area contributed by atoms with Crippen molar-refractivity contribution in [3.05, 3.63) is 0 Å². The lowest BCUT2D eigenvalue weighted by molar-refractivity contribution is -0.145. The summed E-state index contributed by atoms with van der Waals surface area (Å²) in [5.74, 6) is -0.661. The molecule has 0 unspecified atom stereocenters. The van der Waals surface area contributed by atoms with Gasteiger partial charge in [-0.25, -0.2) is 4.79 Å². The number of hydrogen-bond acceptors (Lipinski definition) is 4. The van der Waals surface area contributed by atoms with Crippen molar-refractivity contribution < 1.29 is 14.7 Å². The third-order valence-electron chi connectivity index (χ3n) is 2.37. The molecule has 0 heterocycles. The highest BCUT2D eigenvalue weighted by Crippen LogP contribution is 2.19. The molecule has 0 saturated heterocycles. The molecule has 0 aromatic carbocycles. The minimum Gasteiger partial charge on any atom is -0.480 e. The van der Waals surface area contributed by atoms with Crippen LogP contribution in [0.15, 0.2) is 0 Å². The highest BCUT2D eigenvalue weighted by molar-refractivity contribution is 7.98. The molecule has 4 N–H and O–H groups in total. The molecular weight excluding hydrogens is 240 g/mol. The molecule has 0 fully saturated rings. The van der Waals surface area contributed by atoms with Crippen molar-refractivity contribution >= 4 is 23.6 Å². The number of carbonyl (C=O) groups excluding carboxylic acids is 1. The van der Waals surface area contributed by atoms with Crippen molar-refractivity contribution in [1.29, 1.82) is 0 Å². The molecule has 2 atom stereocenters. The van der Waals surface area contributed by atoms with E-state index >= 15 is 0 Å². The first-order chi connectivity index (χ1) is 7.70. The van der Waals surface area contributed by atoms with Crippen molar-refractivity contribution in [3.8, 4) is 0 Å². The molecule has 0 saturated carbocycles. The Labute approximate surface area is 107 Å². The largest absolute Gasteiger partial charge is 0.480 e. The van der Waals surface area contributed by atoms with Crippen LogP contribution in [0, 0.1) is 5.41 Å². The van der Waals surface area contributed by atoms with Crippen LogP contribution in [-0.2, 0) is 9.59 Å². The highest BCUT2D eigenvalue weighted by Gasteiger charge is 2.33. The third-order valence-corrected chi connectivity index (χ3v) is 3.01. The van der Waals surface area contributed by atoms with Crippen LogP contribution in [0.3, 0.4) is 0 Å². The predicted octanol–water partition coefficient (Wildman–Crippen LogP) is 0.682. The van der Waals surface area contributed by atoms with E-state index in [-0.39, 0.29) is 0 Å². The molecule has 0 rings (SSSR count). The van der Waals surface area contributed by atoms with Crippen LogP contribution < -0.4 is 11.1 Å². The monoisotopic (exact) mass is 262 g/mol. The fourth-order valence-corrected chi connectivity index (χ4v) is 1.76. The van der Waals surface area contributed by atoms with Crippen LogP contribution in [0.5, 0.6) is 0 Å². The number of nitrogens with one attached hydrogen (secondary N) is 1. The predicted molar refractivity (Wildman–Crippen MR) is 70.0 cm³/mol. The lowest BCUT2D eigenvalue weighted by Gasteiger charge is -2.28. The van der Waals surface area contributed by atoms with E-state index in [1.165, 1.54) is 0 Å². The fraction of sp³-hybridized carbons (Fsp3) is 0.818. The highest BCUT2D eigenvalue weighted by atomic mass is 32.2.